The second kappa shape index (κ2) is 8.93. The highest BCUT2D eigenvalue weighted by molar-refractivity contribution is 6.31. The van der Waals surface area contributed by atoms with E-state index < -0.39 is 0 Å². The number of allylic oxidation sites excluding steroid dienone is 1. The summed E-state index contributed by atoms with van der Waals surface area (Å²) in [6.07, 6.45) is 1.61. The smallest absolute Gasteiger partial charge is 0.231 e. The fourth-order valence-corrected chi connectivity index (χ4v) is 3.31. The molecule has 0 atom stereocenters. The summed E-state index contributed by atoms with van der Waals surface area (Å²) in [7, 11) is 4.43. The van der Waals surface area contributed by atoms with Crippen molar-refractivity contribution in [3.05, 3.63) is 83.5 Å². The Hall–Kier alpha value is -4.13. The molecule has 0 bridgehead atoms. The van der Waals surface area contributed by atoms with Crippen molar-refractivity contribution in [2.75, 3.05) is 21.3 Å². The molecule has 0 spiro atoms. The molecule has 0 saturated carbocycles. The van der Waals surface area contributed by atoms with E-state index in [1.165, 1.54) is 33.5 Å². The quantitative estimate of drug-likeness (QED) is 0.286. The van der Waals surface area contributed by atoms with Crippen molar-refractivity contribution in [2.24, 2.45) is 0 Å². The molecular weight excluding hydrogens is 413 g/mol. The molecule has 0 unspecified atom stereocenters. The van der Waals surface area contributed by atoms with Gasteiger partial charge >= 0.3 is 0 Å². The lowest BCUT2D eigenvalue weighted by Crippen LogP contribution is -2.05. The van der Waals surface area contributed by atoms with E-state index in [9.17, 15) is 9.18 Å². The van der Waals surface area contributed by atoms with Crippen LogP contribution in [0.5, 0.6) is 17.2 Å². The van der Waals surface area contributed by atoms with E-state index in [1.807, 2.05) is 12.1 Å². The van der Waals surface area contributed by atoms with Crippen molar-refractivity contribution in [1.29, 1.82) is 0 Å². The molecule has 3 aromatic carbocycles. The second-order valence-electron chi connectivity index (χ2n) is 6.84. The minimum Gasteiger partial charge on any atom is -0.493 e. The van der Waals surface area contributed by atoms with Gasteiger partial charge in [-0.1, -0.05) is 24.3 Å². The fourth-order valence-electron chi connectivity index (χ4n) is 3.31. The molecule has 1 heterocycles. The number of nitrogens with zero attached hydrogens (tertiary/aromatic N) is 1. The predicted octanol–water partition coefficient (Wildman–Crippen LogP) is 5.42. The van der Waals surface area contributed by atoms with Gasteiger partial charge in [0, 0.05) is 5.56 Å². The van der Waals surface area contributed by atoms with Crippen molar-refractivity contribution >= 4 is 28.5 Å². The molecule has 0 N–H and O–H groups in total. The molecule has 32 heavy (non-hydrogen) atoms. The standard InChI is InChI=1S/C25H20FNO5/c1-29-21-13-16(14-22(30-2)24(21)31-3)23(28)18(12-15-8-10-17(26)11-9-15)25-27-19-6-4-5-7-20(19)32-25/h4-14H,1-3H3/b18-12+. The zero-order valence-corrected chi connectivity index (χ0v) is 17.7. The lowest BCUT2D eigenvalue weighted by atomic mass is 10.00. The first-order valence-corrected chi connectivity index (χ1v) is 9.72. The van der Waals surface area contributed by atoms with Gasteiger partial charge in [0.05, 0.1) is 26.9 Å². The molecule has 7 heteroatoms. The van der Waals surface area contributed by atoms with E-state index in [0.717, 1.165) is 0 Å². The summed E-state index contributed by atoms with van der Waals surface area (Å²) in [6, 6.07) is 16.1. The number of fused-ring (bicyclic) bond motifs is 1. The third kappa shape index (κ3) is 4.05. The minimum absolute atomic E-state index is 0.147. The molecule has 6 nitrogen and oxygen atoms in total. The van der Waals surface area contributed by atoms with Crippen LogP contribution in [0.1, 0.15) is 21.8 Å². The molecule has 4 aromatic rings. The van der Waals surface area contributed by atoms with Crippen molar-refractivity contribution in [2.45, 2.75) is 0 Å². The van der Waals surface area contributed by atoms with E-state index >= 15 is 0 Å². The Balaban J connectivity index is 1.88. The number of ketones is 1. The summed E-state index contributed by atoms with van der Waals surface area (Å²) in [4.78, 5) is 18.1. The van der Waals surface area contributed by atoms with Crippen LogP contribution in [0.4, 0.5) is 4.39 Å². The Morgan fingerprint density at radius 2 is 1.59 bits per heavy atom. The third-order valence-corrected chi connectivity index (χ3v) is 4.88. The largest absolute Gasteiger partial charge is 0.493 e. The van der Waals surface area contributed by atoms with Crippen molar-refractivity contribution in [3.63, 3.8) is 0 Å². The van der Waals surface area contributed by atoms with Gasteiger partial charge < -0.3 is 18.6 Å². The molecule has 0 amide bonds. The van der Waals surface area contributed by atoms with Crippen LogP contribution in [0.3, 0.4) is 0 Å². The number of para-hydroxylation sites is 2. The van der Waals surface area contributed by atoms with Gasteiger partial charge in [0.2, 0.25) is 11.6 Å². The van der Waals surface area contributed by atoms with E-state index in [1.54, 1.807) is 42.5 Å². The van der Waals surface area contributed by atoms with Gasteiger partial charge in [-0.3, -0.25) is 4.79 Å². The van der Waals surface area contributed by atoms with Crippen molar-refractivity contribution < 1.29 is 27.8 Å². The number of rotatable bonds is 7. The van der Waals surface area contributed by atoms with Gasteiger partial charge in [-0.15, -0.1) is 0 Å². The van der Waals surface area contributed by atoms with Gasteiger partial charge in [0.25, 0.3) is 0 Å². The van der Waals surface area contributed by atoms with Crippen LogP contribution >= 0.6 is 0 Å². The molecule has 4 rings (SSSR count). The minimum atomic E-state index is -0.375. The Morgan fingerprint density at radius 3 is 2.19 bits per heavy atom. The summed E-state index contributed by atoms with van der Waals surface area (Å²) in [5.74, 6) is 0.455. The summed E-state index contributed by atoms with van der Waals surface area (Å²) < 4.78 is 35.4. The lowest BCUT2D eigenvalue weighted by molar-refractivity contribution is 0.105. The molecule has 0 saturated heterocycles. The number of carbonyl (C=O) groups is 1. The average Bonchev–Trinajstić information content (AvgIpc) is 3.26. The maximum atomic E-state index is 13.6. The van der Waals surface area contributed by atoms with E-state index in [2.05, 4.69) is 4.98 Å². The molecule has 0 aliphatic carbocycles. The Kier molecular flexibility index (Phi) is 5.89. The first-order chi connectivity index (χ1) is 15.5. The maximum absolute atomic E-state index is 13.6. The first kappa shape index (κ1) is 21.1. The molecule has 162 valence electrons. The summed E-state index contributed by atoms with van der Waals surface area (Å²) in [5.41, 5.74) is 2.26. The first-order valence-electron chi connectivity index (χ1n) is 9.72. The molecule has 0 aliphatic rings. The molecule has 1 aromatic heterocycles. The number of Topliss-reactive ketones (excluding diaryl/α,β-unsaturated/α-hetero) is 1. The number of oxazole rings is 1. The average molecular weight is 433 g/mol. The fraction of sp³-hybridized carbons (Fsp3) is 0.120. The molecule has 0 fully saturated rings. The number of halogens is 1. The van der Waals surface area contributed by atoms with Crippen LogP contribution in [-0.4, -0.2) is 32.1 Å². The van der Waals surface area contributed by atoms with E-state index in [0.29, 0.717) is 33.9 Å². The number of aromatic nitrogens is 1. The highest BCUT2D eigenvalue weighted by Crippen LogP contribution is 2.39. The zero-order chi connectivity index (χ0) is 22.7. The van der Waals surface area contributed by atoms with Crippen molar-refractivity contribution in [1.82, 2.24) is 4.98 Å². The Morgan fingerprint density at radius 1 is 0.938 bits per heavy atom. The highest BCUT2D eigenvalue weighted by Gasteiger charge is 2.24. The normalized spacial score (nSPS) is 11.4. The van der Waals surface area contributed by atoms with Crippen LogP contribution < -0.4 is 14.2 Å². The van der Waals surface area contributed by atoms with Gasteiger partial charge in [0.1, 0.15) is 11.3 Å². The Labute approximate surface area is 183 Å². The number of carbonyl (C=O) groups excluding carboxylic acids is 1. The number of hydrogen-bond acceptors (Lipinski definition) is 6. The van der Waals surface area contributed by atoms with Crippen LogP contribution in [-0.2, 0) is 0 Å². The number of hydrogen-bond donors (Lipinski definition) is 0. The van der Waals surface area contributed by atoms with Crippen LogP contribution in [0.25, 0.3) is 22.7 Å². The SMILES string of the molecule is COc1cc(C(=O)/C(=C\c2ccc(F)cc2)c2nc3ccccc3o2)cc(OC)c1OC. The van der Waals surface area contributed by atoms with Crippen LogP contribution in [0, 0.1) is 5.82 Å². The van der Waals surface area contributed by atoms with Crippen LogP contribution in [0.15, 0.2) is 65.1 Å². The Bertz CT molecular complexity index is 1250. The molecular formula is C25H20FNO5. The zero-order valence-electron chi connectivity index (χ0n) is 17.7. The predicted molar refractivity (Wildman–Crippen MR) is 119 cm³/mol. The van der Waals surface area contributed by atoms with Gasteiger partial charge in [-0.25, -0.2) is 9.37 Å². The van der Waals surface area contributed by atoms with Gasteiger partial charge in [-0.05, 0) is 48.0 Å². The molecule has 0 radical (unpaired) electrons. The number of ether oxygens (including phenoxy) is 3. The lowest BCUT2D eigenvalue weighted by Gasteiger charge is -2.14. The third-order valence-electron chi connectivity index (χ3n) is 4.88. The highest BCUT2D eigenvalue weighted by atomic mass is 19.1. The summed E-state index contributed by atoms with van der Waals surface area (Å²) >= 11 is 0. The monoisotopic (exact) mass is 433 g/mol. The number of methoxy groups -OCH3 is 3. The summed E-state index contributed by atoms with van der Waals surface area (Å²) in [6.45, 7) is 0. The van der Waals surface area contributed by atoms with Crippen molar-refractivity contribution in [3.8, 4) is 17.2 Å². The number of benzene rings is 3. The topological polar surface area (TPSA) is 70.8 Å². The summed E-state index contributed by atoms with van der Waals surface area (Å²) in [5, 5.41) is 0. The van der Waals surface area contributed by atoms with Gasteiger partial charge in [0.15, 0.2) is 22.9 Å². The maximum Gasteiger partial charge on any atom is 0.231 e. The van der Waals surface area contributed by atoms with Gasteiger partial charge in [-0.2, -0.15) is 0 Å². The second-order valence-corrected chi connectivity index (χ2v) is 6.84. The van der Waals surface area contributed by atoms with Crippen LogP contribution in [0.2, 0.25) is 0 Å². The molecule has 0 aliphatic heterocycles. The van der Waals surface area contributed by atoms with E-state index in [4.69, 9.17) is 18.6 Å². The van der Waals surface area contributed by atoms with E-state index in [-0.39, 0.29) is 28.6 Å².